The Morgan fingerprint density at radius 2 is 2.09 bits per heavy atom. The molecule has 1 aromatic rings. The Morgan fingerprint density at radius 1 is 1.36 bits per heavy atom. The molecular formula is C16H22N2O3S. The van der Waals surface area contributed by atoms with E-state index in [-0.39, 0.29) is 17.3 Å². The smallest absolute Gasteiger partial charge is 0.251 e. The minimum Gasteiger partial charge on any atom is -0.352 e. The van der Waals surface area contributed by atoms with Crippen molar-refractivity contribution < 1.29 is 13.2 Å². The first-order chi connectivity index (χ1) is 10.4. The topological polar surface area (TPSA) is 75.3 Å². The van der Waals surface area contributed by atoms with Crippen LogP contribution < -0.4 is 10.0 Å². The normalized spacial score (nSPS) is 11.2. The maximum atomic E-state index is 12.0. The Morgan fingerprint density at radius 3 is 2.73 bits per heavy atom. The van der Waals surface area contributed by atoms with Crippen molar-refractivity contribution in [3.63, 3.8) is 0 Å². The maximum absolute atomic E-state index is 12.0. The lowest BCUT2D eigenvalue weighted by atomic mass is 10.1. The van der Waals surface area contributed by atoms with E-state index in [0.717, 1.165) is 12.8 Å². The molecule has 22 heavy (non-hydrogen) atoms. The van der Waals surface area contributed by atoms with Crippen LogP contribution in [0.15, 0.2) is 29.2 Å². The summed E-state index contributed by atoms with van der Waals surface area (Å²) in [4.78, 5) is 12.0. The van der Waals surface area contributed by atoms with Gasteiger partial charge in [-0.3, -0.25) is 4.79 Å². The monoisotopic (exact) mass is 322 g/mol. The first kappa shape index (κ1) is 18.2. The molecule has 0 aromatic heterocycles. The van der Waals surface area contributed by atoms with Crippen molar-refractivity contribution in [1.29, 1.82) is 0 Å². The molecule has 0 aliphatic rings. The van der Waals surface area contributed by atoms with Crippen molar-refractivity contribution in [2.75, 3.05) is 13.1 Å². The van der Waals surface area contributed by atoms with Gasteiger partial charge in [-0.05, 0) is 37.0 Å². The summed E-state index contributed by atoms with van der Waals surface area (Å²) in [6.45, 7) is 4.73. The average Bonchev–Trinajstić information content (AvgIpc) is 2.49. The summed E-state index contributed by atoms with van der Waals surface area (Å²) in [7, 11) is -3.69. The van der Waals surface area contributed by atoms with Crippen molar-refractivity contribution in [3.8, 4) is 12.3 Å². The Hall–Kier alpha value is -1.84. The van der Waals surface area contributed by atoms with E-state index in [1.165, 1.54) is 18.2 Å². The van der Waals surface area contributed by atoms with Gasteiger partial charge in [-0.2, -0.15) is 4.72 Å². The first-order valence-electron chi connectivity index (χ1n) is 7.18. The quantitative estimate of drug-likeness (QED) is 0.566. The standard InChI is InChI=1S/C16H22N2O3S/c1-4-10-18-22(20,21)15-9-5-8-14(12-15)16(19)17-11-6-7-13(2)3/h1,5,8-9,12-13,18H,6-7,10-11H2,2-3H3,(H,17,19). The van der Waals surface area contributed by atoms with Crippen LogP contribution >= 0.6 is 0 Å². The fraction of sp³-hybridized carbons (Fsp3) is 0.438. The Labute approximate surface area is 132 Å². The van der Waals surface area contributed by atoms with E-state index in [4.69, 9.17) is 6.42 Å². The second-order valence-electron chi connectivity index (χ2n) is 5.35. The van der Waals surface area contributed by atoms with E-state index in [9.17, 15) is 13.2 Å². The molecule has 0 aliphatic heterocycles. The summed E-state index contributed by atoms with van der Waals surface area (Å²) in [5.74, 6) is 2.52. The summed E-state index contributed by atoms with van der Waals surface area (Å²) in [5, 5.41) is 2.79. The average molecular weight is 322 g/mol. The van der Waals surface area contributed by atoms with Crippen LogP contribution in [0.1, 0.15) is 37.0 Å². The molecule has 0 saturated heterocycles. The molecule has 120 valence electrons. The van der Waals surface area contributed by atoms with Gasteiger partial charge in [0.05, 0.1) is 11.4 Å². The van der Waals surface area contributed by atoms with Crippen LogP contribution in [0.25, 0.3) is 0 Å². The maximum Gasteiger partial charge on any atom is 0.251 e. The number of rotatable bonds is 8. The van der Waals surface area contributed by atoms with E-state index in [1.807, 2.05) is 0 Å². The van der Waals surface area contributed by atoms with Crippen molar-refractivity contribution in [3.05, 3.63) is 29.8 Å². The fourth-order valence-electron chi connectivity index (χ4n) is 1.84. The summed E-state index contributed by atoms with van der Waals surface area (Å²) in [6.07, 6.45) is 6.97. The summed E-state index contributed by atoms with van der Waals surface area (Å²) >= 11 is 0. The summed E-state index contributed by atoms with van der Waals surface area (Å²) < 4.78 is 26.2. The van der Waals surface area contributed by atoms with Crippen LogP contribution in [-0.2, 0) is 10.0 Å². The second kappa shape index (κ2) is 8.57. The third-order valence-electron chi connectivity index (χ3n) is 3.01. The van der Waals surface area contributed by atoms with E-state index in [2.05, 4.69) is 29.8 Å². The van der Waals surface area contributed by atoms with E-state index < -0.39 is 10.0 Å². The van der Waals surface area contributed by atoms with Crippen LogP contribution in [0, 0.1) is 18.3 Å². The van der Waals surface area contributed by atoms with Crippen LogP contribution in [0.5, 0.6) is 0 Å². The highest BCUT2D eigenvalue weighted by molar-refractivity contribution is 7.89. The highest BCUT2D eigenvalue weighted by Crippen LogP contribution is 2.11. The number of benzene rings is 1. The van der Waals surface area contributed by atoms with Gasteiger partial charge in [0.1, 0.15) is 0 Å². The molecule has 5 nitrogen and oxygen atoms in total. The molecule has 1 amide bonds. The highest BCUT2D eigenvalue weighted by atomic mass is 32.2. The van der Waals surface area contributed by atoms with Gasteiger partial charge in [-0.25, -0.2) is 8.42 Å². The van der Waals surface area contributed by atoms with E-state index in [1.54, 1.807) is 6.07 Å². The molecule has 0 saturated carbocycles. The van der Waals surface area contributed by atoms with Crippen molar-refractivity contribution >= 4 is 15.9 Å². The second-order valence-corrected chi connectivity index (χ2v) is 7.12. The molecule has 0 fully saturated rings. The van der Waals surface area contributed by atoms with Gasteiger partial charge in [0.25, 0.3) is 5.91 Å². The third kappa shape index (κ3) is 5.88. The highest BCUT2D eigenvalue weighted by Gasteiger charge is 2.15. The first-order valence-corrected chi connectivity index (χ1v) is 8.66. The van der Waals surface area contributed by atoms with Crippen molar-refractivity contribution in [1.82, 2.24) is 10.0 Å². The van der Waals surface area contributed by atoms with Gasteiger partial charge < -0.3 is 5.32 Å². The lowest BCUT2D eigenvalue weighted by Crippen LogP contribution is -2.26. The summed E-state index contributed by atoms with van der Waals surface area (Å²) in [6, 6.07) is 5.89. The zero-order valence-corrected chi connectivity index (χ0v) is 13.7. The van der Waals surface area contributed by atoms with Crippen molar-refractivity contribution in [2.24, 2.45) is 5.92 Å². The Bertz CT molecular complexity index is 646. The molecule has 0 bridgehead atoms. The Balaban J connectivity index is 2.71. The molecule has 0 unspecified atom stereocenters. The van der Waals surface area contributed by atoms with Crippen LogP contribution in [0.3, 0.4) is 0 Å². The van der Waals surface area contributed by atoms with E-state index >= 15 is 0 Å². The minimum absolute atomic E-state index is 0.0255. The van der Waals surface area contributed by atoms with Gasteiger partial charge in [0, 0.05) is 12.1 Å². The van der Waals surface area contributed by atoms with Gasteiger partial charge >= 0.3 is 0 Å². The predicted octanol–water partition coefficient (Wildman–Crippen LogP) is 1.76. The minimum atomic E-state index is -3.69. The zero-order chi connectivity index (χ0) is 16.6. The third-order valence-corrected chi connectivity index (χ3v) is 4.41. The van der Waals surface area contributed by atoms with E-state index in [0.29, 0.717) is 18.0 Å². The SMILES string of the molecule is C#CCNS(=O)(=O)c1cccc(C(=O)NCCCC(C)C)c1. The number of amides is 1. The Kier molecular flexibility index (Phi) is 7.09. The molecule has 0 aliphatic carbocycles. The molecule has 1 aromatic carbocycles. The fourth-order valence-corrected chi connectivity index (χ4v) is 2.82. The lowest BCUT2D eigenvalue weighted by Gasteiger charge is -2.08. The van der Waals surface area contributed by atoms with Crippen molar-refractivity contribution in [2.45, 2.75) is 31.6 Å². The van der Waals surface area contributed by atoms with Gasteiger partial charge in [-0.15, -0.1) is 6.42 Å². The molecule has 0 atom stereocenters. The number of sulfonamides is 1. The lowest BCUT2D eigenvalue weighted by molar-refractivity contribution is 0.0952. The molecule has 0 heterocycles. The molecule has 6 heteroatoms. The number of carbonyl (C=O) groups is 1. The molecule has 0 spiro atoms. The number of hydrogen-bond acceptors (Lipinski definition) is 3. The van der Waals surface area contributed by atoms with Crippen LogP contribution in [0.4, 0.5) is 0 Å². The van der Waals surface area contributed by atoms with Gasteiger partial charge in [0.15, 0.2) is 0 Å². The molecular weight excluding hydrogens is 300 g/mol. The van der Waals surface area contributed by atoms with Gasteiger partial charge in [-0.1, -0.05) is 25.8 Å². The zero-order valence-electron chi connectivity index (χ0n) is 12.9. The van der Waals surface area contributed by atoms with Crippen LogP contribution in [0.2, 0.25) is 0 Å². The number of hydrogen-bond donors (Lipinski definition) is 2. The number of terminal acetylenes is 1. The van der Waals surface area contributed by atoms with Crippen LogP contribution in [-0.4, -0.2) is 27.4 Å². The number of carbonyl (C=O) groups excluding carboxylic acids is 1. The summed E-state index contributed by atoms with van der Waals surface area (Å²) in [5.41, 5.74) is 0.313. The number of nitrogens with one attached hydrogen (secondary N) is 2. The largest absolute Gasteiger partial charge is 0.352 e. The van der Waals surface area contributed by atoms with Gasteiger partial charge in [0.2, 0.25) is 10.0 Å². The molecule has 2 N–H and O–H groups in total. The molecule has 0 radical (unpaired) electrons. The predicted molar refractivity (Wildman–Crippen MR) is 86.9 cm³/mol. The molecule has 1 rings (SSSR count).